The average molecular weight is 250 g/mol. The Kier molecular flexibility index (Phi) is 3.11. The summed E-state index contributed by atoms with van der Waals surface area (Å²) in [5.41, 5.74) is 0. The van der Waals surface area contributed by atoms with Crippen molar-refractivity contribution in [3.63, 3.8) is 0 Å². The van der Waals surface area contributed by atoms with E-state index in [2.05, 4.69) is 15.6 Å². The average Bonchev–Trinajstić information content (AvgIpc) is 2.94. The predicted molar refractivity (Wildman–Crippen MR) is 62.7 cm³/mol. The fourth-order valence-corrected chi connectivity index (χ4v) is 2.45. The van der Waals surface area contributed by atoms with E-state index in [1.54, 1.807) is 0 Å². The first-order valence-corrected chi connectivity index (χ1v) is 5.78. The van der Waals surface area contributed by atoms with Crippen molar-refractivity contribution < 1.29 is 14.3 Å². The Morgan fingerprint density at radius 2 is 2.53 bits per heavy atom. The minimum Gasteiger partial charge on any atom is -0.465 e. The minimum absolute atomic E-state index is 0.0567. The van der Waals surface area contributed by atoms with Crippen molar-refractivity contribution in [2.45, 2.75) is 6.42 Å². The van der Waals surface area contributed by atoms with Gasteiger partial charge in [-0.2, -0.15) is 0 Å². The summed E-state index contributed by atoms with van der Waals surface area (Å²) in [5.74, 6) is 1.97. The number of ether oxygens (including phenoxy) is 1. The summed E-state index contributed by atoms with van der Waals surface area (Å²) in [6.45, 7) is 0.462. The fourth-order valence-electron chi connectivity index (χ4n) is 1.59. The van der Waals surface area contributed by atoms with Crippen molar-refractivity contribution in [3.05, 3.63) is 11.1 Å². The van der Waals surface area contributed by atoms with Crippen molar-refractivity contribution in [2.24, 2.45) is 5.92 Å². The lowest BCUT2D eigenvalue weighted by atomic mass is 10.1. The minimum atomic E-state index is -0.450. The first-order chi connectivity index (χ1) is 8.15. The summed E-state index contributed by atoms with van der Waals surface area (Å²) in [4.78, 5) is 28.9. The third kappa shape index (κ3) is 2.15. The summed E-state index contributed by atoms with van der Waals surface area (Å²) >= 11 is 1.13. The monoisotopic (exact) mass is 250 g/mol. The van der Waals surface area contributed by atoms with Crippen LogP contribution in [0, 0.1) is 18.3 Å². The lowest BCUT2D eigenvalue weighted by Crippen LogP contribution is -2.24. The van der Waals surface area contributed by atoms with Gasteiger partial charge in [0.1, 0.15) is 4.88 Å². The molecule has 0 spiro atoms. The fraction of sp³-hybridized carbons (Fsp3) is 0.364. The Hall–Kier alpha value is -1.87. The molecule has 0 radical (unpaired) electrons. The van der Waals surface area contributed by atoms with E-state index < -0.39 is 5.97 Å². The quantitative estimate of drug-likeness (QED) is 0.578. The van der Waals surface area contributed by atoms with Crippen molar-refractivity contribution in [2.75, 3.05) is 18.6 Å². The molecule has 0 aromatic carbocycles. The molecule has 1 fully saturated rings. The molecule has 1 atom stereocenters. The number of terminal acetylenes is 1. The van der Waals surface area contributed by atoms with E-state index >= 15 is 0 Å². The number of aromatic nitrogens is 1. The number of amides is 1. The van der Waals surface area contributed by atoms with Crippen LogP contribution in [-0.4, -0.2) is 30.5 Å². The van der Waals surface area contributed by atoms with Crippen molar-refractivity contribution >= 4 is 28.3 Å². The molecule has 1 aliphatic rings. The Morgan fingerprint density at radius 1 is 1.76 bits per heavy atom. The third-order valence-electron chi connectivity index (χ3n) is 2.47. The molecule has 6 heteroatoms. The highest BCUT2D eigenvalue weighted by atomic mass is 32.1. The standard InChI is InChI=1S/C11H10N2O3S/c1-3-7-4-9(14)13(6-7)11-12-5-8(17-11)10(15)16-2/h1,5,7H,4,6H2,2H3. The lowest BCUT2D eigenvalue weighted by Gasteiger charge is -2.10. The molecule has 0 N–H and O–H groups in total. The maximum Gasteiger partial charge on any atom is 0.349 e. The predicted octanol–water partition coefficient (Wildman–Crippen LogP) is 0.916. The number of carbonyl (C=O) groups is 2. The number of carbonyl (C=O) groups excluding carboxylic acids is 2. The second-order valence-corrected chi connectivity index (χ2v) is 4.58. The van der Waals surface area contributed by atoms with Crippen LogP contribution < -0.4 is 4.90 Å². The van der Waals surface area contributed by atoms with Gasteiger partial charge >= 0.3 is 5.97 Å². The van der Waals surface area contributed by atoms with Gasteiger partial charge in [0.2, 0.25) is 5.91 Å². The molecule has 1 aliphatic heterocycles. The van der Waals surface area contributed by atoms with Gasteiger partial charge in [0, 0.05) is 18.9 Å². The third-order valence-corrected chi connectivity index (χ3v) is 3.47. The molecule has 1 unspecified atom stereocenters. The zero-order valence-corrected chi connectivity index (χ0v) is 9.99. The summed E-state index contributed by atoms with van der Waals surface area (Å²) in [5, 5.41) is 0.494. The molecule has 1 amide bonds. The van der Waals surface area contributed by atoms with Crippen LogP contribution in [0.2, 0.25) is 0 Å². The van der Waals surface area contributed by atoms with Gasteiger partial charge in [-0.1, -0.05) is 11.3 Å². The van der Waals surface area contributed by atoms with E-state index in [4.69, 9.17) is 6.42 Å². The van der Waals surface area contributed by atoms with Crippen LogP contribution in [0.15, 0.2) is 6.20 Å². The highest BCUT2D eigenvalue weighted by Gasteiger charge is 2.31. The second kappa shape index (κ2) is 4.55. The van der Waals surface area contributed by atoms with Crippen LogP contribution in [0.4, 0.5) is 5.13 Å². The second-order valence-electron chi connectivity index (χ2n) is 3.57. The highest BCUT2D eigenvalue weighted by molar-refractivity contribution is 7.17. The maximum absolute atomic E-state index is 11.7. The van der Waals surface area contributed by atoms with Gasteiger partial charge in [0.25, 0.3) is 0 Å². The number of thiazole rings is 1. The maximum atomic E-state index is 11.7. The van der Waals surface area contributed by atoms with Gasteiger partial charge in [0.05, 0.1) is 13.3 Å². The van der Waals surface area contributed by atoms with Crippen LogP contribution in [0.5, 0.6) is 0 Å². The van der Waals surface area contributed by atoms with E-state index in [1.807, 2.05) is 0 Å². The summed E-state index contributed by atoms with van der Waals surface area (Å²) < 4.78 is 4.58. The van der Waals surface area contributed by atoms with E-state index in [1.165, 1.54) is 18.2 Å². The van der Waals surface area contributed by atoms with Crippen LogP contribution in [-0.2, 0) is 9.53 Å². The van der Waals surface area contributed by atoms with E-state index in [9.17, 15) is 9.59 Å². The number of nitrogens with zero attached hydrogens (tertiary/aromatic N) is 2. The highest BCUT2D eigenvalue weighted by Crippen LogP contribution is 2.28. The number of hydrogen-bond acceptors (Lipinski definition) is 5. The van der Waals surface area contributed by atoms with E-state index in [-0.39, 0.29) is 11.8 Å². The summed E-state index contributed by atoms with van der Waals surface area (Å²) in [6, 6.07) is 0. The van der Waals surface area contributed by atoms with Crippen molar-refractivity contribution in [1.29, 1.82) is 0 Å². The van der Waals surface area contributed by atoms with Gasteiger partial charge in [-0.3, -0.25) is 9.69 Å². The number of methoxy groups -OCH3 is 1. The first kappa shape index (κ1) is 11.6. The van der Waals surface area contributed by atoms with Crippen LogP contribution >= 0.6 is 11.3 Å². The number of rotatable bonds is 2. The zero-order valence-electron chi connectivity index (χ0n) is 9.17. The lowest BCUT2D eigenvalue weighted by molar-refractivity contribution is -0.117. The van der Waals surface area contributed by atoms with Gasteiger partial charge in [-0.25, -0.2) is 9.78 Å². The molecule has 1 aromatic heterocycles. The van der Waals surface area contributed by atoms with Gasteiger partial charge in [-0.05, 0) is 0 Å². The Labute approximate surface area is 102 Å². The normalized spacial score (nSPS) is 19.2. The molecular weight excluding hydrogens is 240 g/mol. The van der Waals surface area contributed by atoms with E-state index in [0.29, 0.717) is 23.0 Å². The molecule has 0 bridgehead atoms. The summed E-state index contributed by atoms with van der Waals surface area (Å²) in [7, 11) is 1.30. The Morgan fingerprint density at radius 3 is 3.12 bits per heavy atom. The molecule has 17 heavy (non-hydrogen) atoms. The van der Waals surface area contributed by atoms with Crippen molar-refractivity contribution in [3.8, 4) is 12.3 Å². The van der Waals surface area contributed by atoms with Crippen molar-refractivity contribution in [1.82, 2.24) is 4.98 Å². The number of esters is 1. The van der Waals surface area contributed by atoms with Gasteiger partial charge in [0.15, 0.2) is 5.13 Å². The molecule has 88 valence electrons. The van der Waals surface area contributed by atoms with Crippen LogP contribution in [0.3, 0.4) is 0 Å². The first-order valence-electron chi connectivity index (χ1n) is 4.96. The molecule has 0 saturated carbocycles. The SMILES string of the molecule is C#CC1CC(=O)N(c2ncc(C(=O)OC)s2)C1. The molecule has 2 rings (SSSR count). The van der Waals surface area contributed by atoms with Crippen LogP contribution in [0.1, 0.15) is 16.1 Å². The topological polar surface area (TPSA) is 59.5 Å². The largest absolute Gasteiger partial charge is 0.465 e. The van der Waals surface area contributed by atoms with E-state index in [0.717, 1.165) is 11.3 Å². The van der Waals surface area contributed by atoms with Gasteiger partial charge < -0.3 is 4.74 Å². The molecule has 2 heterocycles. The van der Waals surface area contributed by atoms with Crippen LogP contribution in [0.25, 0.3) is 0 Å². The molecule has 1 aromatic rings. The smallest absolute Gasteiger partial charge is 0.349 e. The molecular formula is C11H10N2O3S. The van der Waals surface area contributed by atoms with Gasteiger partial charge in [-0.15, -0.1) is 12.3 Å². The summed E-state index contributed by atoms with van der Waals surface area (Å²) in [6.07, 6.45) is 7.03. The Bertz CT molecular complexity index is 503. The molecule has 1 saturated heterocycles. The Balaban J connectivity index is 2.19. The number of anilines is 1. The number of hydrogen-bond donors (Lipinski definition) is 0. The molecule has 0 aliphatic carbocycles. The zero-order chi connectivity index (χ0) is 12.4. The molecule has 5 nitrogen and oxygen atoms in total.